The van der Waals surface area contributed by atoms with Crippen molar-refractivity contribution >= 4 is 5.91 Å². The highest BCUT2D eigenvalue weighted by Crippen LogP contribution is 2.02. The number of aliphatic hydroxyl groups excluding tert-OH is 1. The van der Waals surface area contributed by atoms with E-state index in [4.69, 9.17) is 5.73 Å². The summed E-state index contributed by atoms with van der Waals surface area (Å²) in [6.07, 6.45) is 0.846. The highest BCUT2D eigenvalue weighted by Gasteiger charge is 2.15. The molecule has 0 aliphatic carbocycles. The van der Waals surface area contributed by atoms with Gasteiger partial charge in [0.05, 0.1) is 12.1 Å². The molecule has 0 heterocycles. The van der Waals surface area contributed by atoms with E-state index in [1.54, 1.807) is 0 Å². The third-order valence-electron chi connectivity index (χ3n) is 2.05. The Balaban J connectivity index is 3.73. The number of carbonyl (C=O) groups excluding carboxylic acids is 1. The summed E-state index contributed by atoms with van der Waals surface area (Å²) in [7, 11) is 0. The lowest BCUT2D eigenvalue weighted by molar-refractivity contribution is -0.123. The predicted octanol–water partition coefficient (Wildman–Crippen LogP) is 0.247. The Hall–Kier alpha value is -0.610. The van der Waals surface area contributed by atoms with E-state index in [0.717, 1.165) is 0 Å². The first-order valence-electron chi connectivity index (χ1n) is 5.18. The molecule has 0 aromatic carbocycles. The number of aliphatic hydroxyl groups is 1. The molecule has 1 amide bonds. The second-order valence-electron chi connectivity index (χ2n) is 4.04. The number of rotatable bonds is 6. The molecule has 0 saturated heterocycles. The first-order chi connectivity index (χ1) is 6.47. The lowest BCUT2D eigenvalue weighted by Crippen LogP contribution is -2.43. The summed E-state index contributed by atoms with van der Waals surface area (Å²) >= 11 is 0. The Kier molecular flexibility index (Phi) is 6.49. The van der Waals surface area contributed by atoms with Crippen LogP contribution in [0.3, 0.4) is 0 Å². The van der Waals surface area contributed by atoms with Gasteiger partial charge in [0.15, 0.2) is 0 Å². The summed E-state index contributed by atoms with van der Waals surface area (Å²) in [5.74, 6) is 0.234. The molecule has 4 heteroatoms. The normalized spacial score (nSPS) is 15.3. The number of carbonyl (C=O) groups is 1. The molecular weight excluding hydrogens is 180 g/mol. The lowest BCUT2D eigenvalue weighted by Gasteiger charge is -2.15. The number of hydrogen-bond acceptors (Lipinski definition) is 3. The minimum Gasteiger partial charge on any atom is -0.391 e. The van der Waals surface area contributed by atoms with Crippen LogP contribution in [-0.2, 0) is 4.79 Å². The summed E-state index contributed by atoms with van der Waals surface area (Å²) in [5.41, 5.74) is 5.65. The van der Waals surface area contributed by atoms with Crippen molar-refractivity contribution in [1.29, 1.82) is 0 Å². The molecule has 0 radical (unpaired) electrons. The maximum atomic E-state index is 11.4. The standard InChI is InChI=1S/C10H22N2O2/c1-4-8(13)6-12-10(14)9(11)5-7(2)3/h7-9,13H,4-6,11H2,1-3H3,(H,12,14)/t8?,9-/m1/s1. The molecule has 0 aliphatic heterocycles. The van der Waals surface area contributed by atoms with Crippen LogP contribution in [0.5, 0.6) is 0 Å². The molecule has 0 aliphatic rings. The second kappa shape index (κ2) is 6.79. The average Bonchev–Trinajstić information content (AvgIpc) is 2.12. The predicted molar refractivity (Wildman–Crippen MR) is 56.7 cm³/mol. The van der Waals surface area contributed by atoms with Crippen molar-refractivity contribution in [1.82, 2.24) is 5.32 Å². The van der Waals surface area contributed by atoms with Crippen LogP contribution in [0.2, 0.25) is 0 Å². The van der Waals surface area contributed by atoms with Gasteiger partial charge in [-0.1, -0.05) is 20.8 Å². The first-order valence-corrected chi connectivity index (χ1v) is 5.18. The van der Waals surface area contributed by atoms with Crippen LogP contribution in [0.1, 0.15) is 33.6 Å². The molecule has 0 saturated carbocycles. The largest absolute Gasteiger partial charge is 0.391 e. The highest BCUT2D eigenvalue weighted by molar-refractivity contribution is 5.81. The van der Waals surface area contributed by atoms with Crippen molar-refractivity contribution in [2.24, 2.45) is 11.7 Å². The van der Waals surface area contributed by atoms with Crippen molar-refractivity contribution in [3.63, 3.8) is 0 Å². The number of nitrogens with two attached hydrogens (primary N) is 1. The Morgan fingerprint density at radius 2 is 2.07 bits per heavy atom. The molecule has 4 nitrogen and oxygen atoms in total. The van der Waals surface area contributed by atoms with E-state index in [0.29, 0.717) is 25.3 Å². The van der Waals surface area contributed by atoms with Crippen molar-refractivity contribution in [2.45, 2.75) is 45.8 Å². The molecule has 0 aromatic rings. The fourth-order valence-electron chi connectivity index (χ4n) is 1.11. The third-order valence-corrected chi connectivity index (χ3v) is 2.05. The smallest absolute Gasteiger partial charge is 0.237 e. The molecule has 14 heavy (non-hydrogen) atoms. The molecule has 0 rings (SSSR count). The topological polar surface area (TPSA) is 75.3 Å². The van der Waals surface area contributed by atoms with Gasteiger partial charge in [-0.25, -0.2) is 0 Å². The van der Waals surface area contributed by atoms with Crippen molar-refractivity contribution in [2.75, 3.05) is 6.54 Å². The van der Waals surface area contributed by atoms with Gasteiger partial charge in [0.25, 0.3) is 0 Å². The molecule has 0 fully saturated rings. The van der Waals surface area contributed by atoms with E-state index in [1.165, 1.54) is 0 Å². The van der Waals surface area contributed by atoms with E-state index in [1.807, 2.05) is 20.8 Å². The second-order valence-corrected chi connectivity index (χ2v) is 4.04. The minimum atomic E-state index is -0.467. The first kappa shape index (κ1) is 13.4. The Labute approximate surface area is 85.9 Å². The summed E-state index contributed by atoms with van der Waals surface area (Å²) in [5, 5.41) is 11.8. The number of nitrogens with one attached hydrogen (secondary N) is 1. The molecule has 4 N–H and O–H groups in total. The van der Waals surface area contributed by atoms with Gasteiger partial charge in [-0.2, -0.15) is 0 Å². The van der Waals surface area contributed by atoms with E-state index < -0.39 is 12.1 Å². The summed E-state index contributed by atoms with van der Waals surface area (Å²) in [6, 6.07) is -0.459. The van der Waals surface area contributed by atoms with Gasteiger partial charge in [0.1, 0.15) is 0 Å². The molecule has 1 unspecified atom stereocenters. The molecule has 0 bridgehead atoms. The Morgan fingerprint density at radius 1 is 1.50 bits per heavy atom. The maximum Gasteiger partial charge on any atom is 0.237 e. The van der Waals surface area contributed by atoms with Gasteiger partial charge in [-0.3, -0.25) is 4.79 Å². The molecule has 84 valence electrons. The molecular formula is C10H22N2O2. The van der Waals surface area contributed by atoms with Crippen molar-refractivity contribution in [3.8, 4) is 0 Å². The van der Waals surface area contributed by atoms with Gasteiger partial charge in [0.2, 0.25) is 5.91 Å². The summed E-state index contributed by atoms with van der Waals surface area (Å²) in [6.45, 7) is 6.20. The highest BCUT2D eigenvalue weighted by atomic mass is 16.3. The average molecular weight is 202 g/mol. The van der Waals surface area contributed by atoms with E-state index in [-0.39, 0.29) is 5.91 Å². The summed E-state index contributed by atoms with van der Waals surface area (Å²) < 4.78 is 0. The van der Waals surface area contributed by atoms with Gasteiger partial charge in [-0.05, 0) is 18.8 Å². The molecule has 0 aromatic heterocycles. The van der Waals surface area contributed by atoms with Crippen LogP contribution in [0.4, 0.5) is 0 Å². The SMILES string of the molecule is CCC(O)CNC(=O)[C@H](N)CC(C)C. The number of amides is 1. The number of hydrogen-bond donors (Lipinski definition) is 3. The van der Waals surface area contributed by atoms with Crippen LogP contribution in [0, 0.1) is 5.92 Å². The summed E-state index contributed by atoms with van der Waals surface area (Å²) in [4.78, 5) is 11.4. The van der Waals surface area contributed by atoms with Crippen molar-refractivity contribution < 1.29 is 9.90 Å². The maximum absolute atomic E-state index is 11.4. The van der Waals surface area contributed by atoms with Crippen LogP contribution < -0.4 is 11.1 Å². The lowest BCUT2D eigenvalue weighted by atomic mass is 10.0. The zero-order chi connectivity index (χ0) is 11.1. The minimum absolute atomic E-state index is 0.175. The van der Waals surface area contributed by atoms with Crippen LogP contribution in [-0.4, -0.2) is 29.7 Å². The fraction of sp³-hybridized carbons (Fsp3) is 0.900. The Bertz CT molecular complexity index is 172. The van der Waals surface area contributed by atoms with Gasteiger partial charge >= 0.3 is 0 Å². The van der Waals surface area contributed by atoms with Gasteiger partial charge in [-0.15, -0.1) is 0 Å². The van der Waals surface area contributed by atoms with Crippen LogP contribution >= 0.6 is 0 Å². The van der Waals surface area contributed by atoms with Crippen molar-refractivity contribution in [3.05, 3.63) is 0 Å². The zero-order valence-electron chi connectivity index (χ0n) is 9.29. The fourth-order valence-corrected chi connectivity index (χ4v) is 1.11. The van der Waals surface area contributed by atoms with Crippen LogP contribution in [0.25, 0.3) is 0 Å². The monoisotopic (exact) mass is 202 g/mol. The van der Waals surface area contributed by atoms with E-state index in [9.17, 15) is 9.90 Å². The van der Waals surface area contributed by atoms with Gasteiger partial charge in [0, 0.05) is 6.54 Å². The van der Waals surface area contributed by atoms with Gasteiger partial charge < -0.3 is 16.2 Å². The third kappa shape index (κ3) is 5.94. The van der Waals surface area contributed by atoms with E-state index in [2.05, 4.69) is 5.32 Å². The zero-order valence-corrected chi connectivity index (χ0v) is 9.29. The van der Waals surface area contributed by atoms with E-state index >= 15 is 0 Å². The molecule has 0 spiro atoms. The molecule has 2 atom stereocenters. The van der Waals surface area contributed by atoms with Crippen LogP contribution in [0.15, 0.2) is 0 Å². The Morgan fingerprint density at radius 3 is 2.50 bits per heavy atom. The quantitative estimate of drug-likeness (QED) is 0.578.